The van der Waals surface area contributed by atoms with Gasteiger partial charge >= 0.3 is 0 Å². The Balaban J connectivity index is 2.11. The molecule has 1 aliphatic heterocycles. The second kappa shape index (κ2) is 4.16. The van der Waals surface area contributed by atoms with E-state index in [1.54, 1.807) is 6.07 Å². The maximum atomic E-state index is 11.3. The van der Waals surface area contributed by atoms with Gasteiger partial charge in [-0.25, -0.2) is 0 Å². The molecule has 0 saturated carbocycles. The SMILES string of the molecule is Cc1ccc(C=NN2C(=O)CSC2=S)o1. The number of rotatable bonds is 2. The molecule has 78 valence electrons. The molecule has 0 bridgehead atoms. The number of hydrogen-bond acceptors (Lipinski definition) is 5. The van der Waals surface area contributed by atoms with E-state index in [2.05, 4.69) is 5.10 Å². The van der Waals surface area contributed by atoms with Crippen molar-refractivity contribution in [2.75, 3.05) is 5.75 Å². The van der Waals surface area contributed by atoms with Crippen molar-refractivity contribution >= 4 is 40.4 Å². The van der Waals surface area contributed by atoms with Gasteiger partial charge in [-0.2, -0.15) is 10.1 Å². The Bertz CT molecular complexity index is 423. The van der Waals surface area contributed by atoms with Crippen molar-refractivity contribution in [3.05, 3.63) is 23.7 Å². The molecule has 1 aromatic rings. The predicted molar refractivity (Wildman–Crippen MR) is 62.9 cm³/mol. The quantitative estimate of drug-likeness (QED) is 0.584. The summed E-state index contributed by atoms with van der Waals surface area (Å²) in [5, 5.41) is 5.19. The summed E-state index contributed by atoms with van der Waals surface area (Å²) in [5.41, 5.74) is 0. The van der Waals surface area contributed by atoms with E-state index < -0.39 is 0 Å². The second-order valence-electron chi connectivity index (χ2n) is 2.95. The number of thioether (sulfide) groups is 1. The van der Waals surface area contributed by atoms with Crippen molar-refractivity contribution in [2.24, 2.45) is 5.10 Å². The highest BCUT2D eigenvalue weighted by Gasteiger charge is 2.25. The first kappa shape index (κ1) is 10.4. The van der Waals surface area contributed by atoms with E-state index >= 15 is 0 Å². The first-order valence-electron chi connectivity index (χ1n) is 4.27. The Kier molecular flexibility index (Phi) is 2.88. The predicted octanol–water partition coefficient (Wildman–Crippen LogP) is 1.78. The molecule has 2 heterocycles. The van der Waals surface area contributed by atoms with Crippen LogP contribution in [0.4, 0.5) is 0 Å². The lowest BCUT2D eigenvalue weighted by Gasteiger charge is -2.05. The zero-order valence-electron chi connectivity index (χ0n) is 7.97. The molecule has 0 N–H and O–H groups in total. The summed E-state index contributed by atoms with van der Waals surface area (Å²) in [7, 11) is 0. The summed E-state index contributed by atoms with van der Waals surface area (Å²) in [6.07, 6.45) is 1.49. The summed E-state index contributed by atoms with van der Waals surface area (Å²) in [5.74, 6) is 1.69. The lowest BCUT2D eigenvalue weighted by molar-refractivity contribution is -0.123. The van der Waals surface area contributed by atoms with Gasteiger partial charge in [0.1, 0.15) is 11.5 Å². The normalized spacial score (nSPS) is 17.0. The van der Waals surface area contributed by atoms with Gasteiger partial charge in [-0.05, 0) is 19.1 Å². The van der Waals surface area contributed by atoms with Crippen LogP contribution in [-0.2, 0) is 4.79 Å². The lowest BCUT2D eigenvalue weighted by Crippen LogP contribution is -2.22. The average Bonchev–Trinajstić information content (AvgIpc) is 2.73. The van der Waals surface area contributed by atoms with Crippen LogP contribution in [0.3, 0.4) is 0 Å². The summed E-state index contributed by atoms with van der Waals surface area (Å²) in [6.45, 7) is 1.85. The van der Waals surface area contributed by atoms with Gasteiger partial charge in [0.05, 0.1) is 12.0 Å². The molecule has 1 saturated heterocycles. The standard InChI is InChI=1S/C9H8N2O2S2/c1-6-2-3-7(13-6)4-10-11-8(12)5-15-9(11)14/h2-4H,5H2,1H3. The maximum absolute atomic E-state index is 11.3. The van der Waals surface area contributed by atoms with Crippen LogP contribution in [0.1, 0.15) is 11.5 Å². The van der Waals surface area contributed by atoms with Crippen LogP contribution in [0.25, 0.3) is 0 Å². The Hall–Kier alpha value is -1.14. The van der Waals surface area contributed by atoms with Crippen LogP contribution in [-0.4, -0.2) is 27.2 Å². The average molecular weight is 240 g/mol. The van der Waals surface area contributed by atoms with E-state index in [1.165, 1.54) is 23.0 Å². The third-order valence-corrected chi connectivity index (χ3v) is 3.13. The summed E-state index contributed by atoms with van der Waals surface area (Å²) < 4.78 is 5.76. The van der Waals surface area contributed by atoms with E-state index in [9.17, 15) is 4.79 Å². The van der Waals surface area contributed by atoms with Crippen LogP contribution >= 0.6 is 24.0 Å². The molecular weight excluding hydrogens is 232 g/mol. The maximum Gasteiger partial charge on any atom is 0.259 e. The summed E-state index contributed by atoms with van der Waals surface area (Å²) in [6, 6.07) is 3.62. The molecule has 0 unspecified atom stereocenters. The fourth-order valence-electron chi connectivity index (χ4n) is 1.10. The van der Waals surface area contributed by atoms with Gasteiger partial charge in [0, 0.05) is 0 Å². The lowest BCUT2D eigenvalue weighted by atomic mass is 10.4. The van der Waals surface area contributed by atoms with E-state index in [0.29, 0.717) is 15.8 Å². The number of nitrogens with zero attached hydrogens (tertiary/aromatic N) is 2. The minimum Gasteiger partial charge on any atom is -0.460 e. The molecule has 1 amide bonds. The number of furan rings is 1. The van der Waals surface area contributed by atoms with Crippen molar-refractivity contribution in [1.29, 1.82) is 0 Å². The third-order valence-electron chi connectivity index (χ3n) is 1.79. The molecule has 2 rings (SSSR count). The number of carbonyl (C=O) groups is 1. The monoisotopic (exact) mass is 240 g/mol. The number of carbonyl (C=O) groups excluding carboxylic acids is 1. The van der Waals surface area contributed by atoms with Crippen LogP contribution in [0.2, 0.25) is 0 Å². The zero-order valence-corrected chi connectivity index (χ0v) is 9.60. The van der Waals surface area contributed by atoms with Crippen molar-refractivity contribution in [2.45, 2.75) is 6.92 Å². The van der Waals surface area contributed by atoms with Crippen molar-refractivity contribution in [1.82, 2.24) is 5.01 Å². The number of thiocarbonyl (C=S) groups is 1. The van der Waals surface area contributed by atoms with Gasteiger partial charge in [-0.3, -0.25) is 4.79 Å². The second-order valence-corrected chi connectivity index (χ2v) is 4.56. The Morgan fingerprint density at radius 2 is 2.47 bits per heavy atom. The highest BCUT2D eigenvalue weighted by atomic mass is 32.2. The molecule has 1 fully saturated rings. The first-order chi connectivity index (χ1) is 7.16. The number of aryl methyl sites for hydroxylation is 1. The van der Waals surface area contributed by atoms with Gasteiger partial charge in [0.2, 0.25) is 0 Å². The van der Waals surface area contributed by atoms with E-state index in [0.717, 1.165) is 5.76 Å². The Labute approximate surface area is 96.3 Å². The van der Waals surface area contributed by atoms with Gasteiger partial charge < -0.3 is 4.42 Å². The van der Waals surface area contributed by atoms with E-state index in [1.807, 2.05) is 13.0 Å². The Morgan fingerprint density at radius 1 is 1.67 bits per heavy atom. The molecule has 4 nitrogen and oxygen atoms in total. The molecule has 1 aromatic heterocycles. The number of hydrazone groups is 1. The number of amides is 1. The van der Waals surface area contributed by atoms with Gasteiger partial charge in [-0.1, -0.05) is 24.0 Å². The molecule has 0 radical (unpaired) electrons. The zero-order chi connectivity index (χ0) is 10.8. The minimum absolute atomic E-state index is 0.0930. The molecule has 6 heteroatoms. The highest BCUT2D eigenvalue weighted by molar-refractivity contribution is 8.23. The number of hydrogen-bond donors (Lipinski definition) is 0. The Morgan fingerprint density at radius 3 is 3.00 bits per heavy atom. The molecule has 0 aliphatic carbocycles. The van der Waals surface area contributed by atoms with Crippen molar-refractivity contribution in [3.8, 4) is 0 Å². The first-order valence-corrected chi connectivity index (χ1v) is 5.66. The summed E-state index contributed by atoms with van der Waals surface area (Å²) >= 11 is 6.28. The van der Waals surface area contributed by atoms with E-state index in [-0.39, 0.29) is 5.91 Å². The molecule has 0 spiro atoms. The summed E-state index contributed by atoms with van der Waals surface area (Å²) in [4.78, 5) is 11.3. The van der Waals surface area contributed by atoms with Crippen LogP contribution in [0.5, 0.6) is 0 Å². The molecule has 0 atom stereocenters. The van der Waals surface area contributed by atoms with E-state index in [4.69, 9.17) is 16.6 Å². The van der Waals surface area contributed by atoms with Gasteiger partial charge in [0.15, 0.2) is 4.32 Å². The molecule has 0 aromatic carbocycles. The van der Waals surface area contributed by atoms with Gasteiger partial charge in [0.25, 0.3) is 5.91 Å². The van der Waals surface area contributed by atoms with Gasteiger partial charge in [-0.15, -0.1) is 0 Å². The van der Waals surface area contributed by atoms with Crippen LogP contribution in [0.15, 0.2) is 21.7 Å². The van der Waals surface area contributed by atoms with Crippen LogP contribution < -0.4 is 0 Å². The topological polar surface area (TPSA) is 45.8 Å². The fourth-order valence-corrected chi connectivity index (χ4v) is 2.06. The van der Waals surface area contributed by atoms with Crippen molar-refractivity contribution in [3.63, 3.8) is 0 Å². The highest BCUT2D eigenvalue weighted by Crippen LogP contribution is 2.19. The smallest absolute Gasteiger partial charge is 0.259 e. The minimum atomic E-state index is -0.0930. The molecule has 15 heavy (non-hydrogen) atoms. The third kappa shape index (κ3) is 2.27. The molecular formula is C9H8N2O2S2. The fraction of sp³-hybridized carbons (Fsp3) is 0.222. The van der Waals surface area contributed by atoms with Crippen molar-refractivity contribution < 1.29 is 9.21 Å². The van der Waals surface area contributed by atoms with Crippen LogP contribution in [0, 0.1) is 6.92 Å². The largest absolute Gasteiger partial charge is 0.460 e. The molecule has 1 aliphatic rings.